The zero-order chi connectivity index (χ0) is 6.69. The Morgan fingerprint density at radius 1 is 1.67 bits per heavy atom. The van der Waals surface area contributed by atoms with Crippen LogP contribution < -0.4 is 4.90 Å². The fourth-order valence-corrected chi connectivity index (χ4v) is 0.643. The van der Waals surface area contributed by atoms with Crippen LogP contribution in [0.25, 0.3) is 0 Å². The van der Waals surface area contributed by atoms with Crippen LogP contribution in [0.1, 0.15) is 6.92 Å². The van der Waals surface area contributed by atoms with E-state index >= 15 is 0 Å². The predicted molar refractivity (Wildman–Crippen MR) is 37.7 cm³/mol. The molecule has 0 aliphatic carbocycles. The lowest BCUT2D eigenvalue weighted by Gasteiger charge is -2.10. The van der Waals surface area contributed by atoms with Gasteiger partial charge < -0.3 is 9.32 Å². The van der Waals surface area contributed by atoms with Gasteiger partial charge in [-0.25, -0.2) is 0 Å². The third kappa shape index (κ3) is 1.25. The van der Waals surface area contributed by atoms with Crippen molar-refractivity contribution in [1.82, 2.24) is 0 Å². The molecule has 0 saturated heterocycles. The van der Waals surface area contributed by atoms with Crippen LogP contribution in [0.2, 0.25) is 0 Å². The Kier molecular flexibility index (Phi) is 1.78. The molecular formula is C7H11NO. The molecule has 0 aliphatic heterocycles. The van der Waals surface area contributed by atoms with Crippen LogP contribution in [0.4, 0.5) is 5.88 Å². The largest absolute Gasteiger partial charge is 0.449 e. The van der Waals surface area contributed by atoms with Crippen LogP contribution in [0, 0.1) is 0 Å². The number of hydrogen-bond donors (Lipinski definition) is 0. The molecule has 50 valence electrons. The molecule has 0 unspecified atom stereocenters. The summed E-state index contributed by atoms with van der Waals surface area (Å²) in [7, 11) is 2.00. The zero-order valence-electron chi connectivity index (χ0n) is 5.79. The smallest absolute Gasteiger partial charge is 0.194 e. The van der Waals surface area contributed by atoms with Crippen molar-refractivity contribution < 1.29 is 4.42 Å². The fraction of sp³-hybridized carbons (Fsp3) is 0.429. The third-order valence-electron chi connectivity index (χ3n) is 1.36. The van der Waals surface area contributed by atoms with Gasteiger partial charge in [0.15, 0.2) is 5.88 Å². The van der Waals surface area contributed by atoms with E-state index in [1.54, 1.807) is 6.26 Å². The van der Waals surface area contributed by atoms with Crippen molar-refractivity contribution in [3.63, 3.8) is 0 Å². The van der Waals surface area contributed by atoms with Gasteiger partial charge in [-0.15, -0.1) is 0 Å². The molecule has 0 fully saturated rings. The number of furan rings is 1. The normalized spacial score (nSPS) is 9.56. The minimum Gasteiger partial charge on any atom is -0.449 e. The maximum atomic E-state index is 5.11. The summed E-state index contributed by atoms with van der Waals surface area (Å²) in [6, 6.07) is 3.84. The van der Waals surface area contributed by atoms with Gasteiger partial charge in [0.05, 0.1) is 6.26 Å². The standard InChI is InChI=1S/C7H11NO/c1-3-8(2)7-5-4-6-9-7/h4-6H,3H2,1-2H3. The van der Waals surface area contributed by atoms with Crippen molar-refractivity contribution in [1.29, 1.82) is 0 Å². The maximum absolute atomic E-state index is 5.11. The van der Waals surface area contributed by atoms with E-state index in [9.17, 15) is 0 Å². The maximum Gasteiger partial charge on any atom is 0.194 e. The number of anilines is 1. The molecular weight excluding hydrogens is 114 g/mol. The predicted octanol–water partition coefficient (Wildman–Crippen LogP) is 1.74. The van der Waals surface area contributed by atoms with E-state index in [0.29, 0.717) is 0 Å². The summed E-state index contributed by atoms with van der Waals surface area (Å²) in [4.78, 5) is 2.04. The second kappa shape index (κ2) is 2.58. The summed E-state index contributed by atoms with van der Waals surface area (Å²) in [5, 5.41) is 0. The summed E-state index contributed by atoms with van der Waals surface area (Å²) in [5.41, 5.74) is 0. The van der Waals surface area contributed by atoms with E-state index < -0.39 is 0 Å². The zero-order valence-corrected chi connectivity index (χ0v) is 5.79. The summed E-state index contributed by atoms with van der Waals surface area (Å²) in [5.74, 6) is 0.928. The summed E-state index contributed by atoms with van der Waals surface area (Å²) >= 11 is 0. The van der Waals surface area contributed by atoms with E-state index in [2.05, 4.69) is 6.92 Å². The highest BCUT2D eigenvalue weighted by Crippen LogP contribution is 2.10. The number of hydrogen-bond acceptors (Lipinski definition) is 2. The number of rotatable bonds is 2. The Hall–Kier alpha value is -0.920. The summed E-state index contributed by atoms with van der Waals surface area (Å²) in [6.45, 7) is 3.07. The molecule has 1 aromatic rings. The van der Waals surface area contributed by atoms with E-state index in [-0.39, 0.29) is 0 Å². The molecule has 0 atom stereocenters. The highest BCUT2D eigenvalue weighted by Gasteiger charge is 1.96. The van der Waals surface area contributed by atoms with Crippen molar-refractivity contribution in [2.45, 2.75) is 6.92 Å². The van der Waals surface area contributed by atoms with Crippen molar-refractivity contribution >= 4 is 5.88 Å². The van der Waals surface area contributed by atoms with Gasteiger partial charge in [0.2, 0.25) is 0 Å². The molecule has 0 spiro atoms. The first-order valence-corrected chi connectivity index (χ1v) is 3.09. The van der Waals surface area contributed by atoms with Crippen LogP contribution >= 0.6 is 0 Å². The van der Waals surface area contributed by atoms with Crippen LogP contribution in [0.15, 0.2) is 22.8 Å². The van der Waals surface area contributed by atoms with E-state index in [1.165, 1.54) is 0 Å². The molecule has 9 heavy (non-hydrogen) atoms. The average molecular weight is 125 g/mol. The molecule has 0 saturated carbocycles. The topological polar surface area (TPSA) is 16.4 Å². The van der Waals surface area contributed by atoms with Crippen LogP contribution in [-0.2, 0) is 0 Å². The quantitative estimate of drug-likeness (QED) is 0.598. The summed E-state index contributed by atoms with van der Waals surface area (Å²) in [6.07, 6.45) is 1.68. The lowest BCUT2D eigenvalue weighted by atomic mass is 10.5. The minimum atomic E-state index is 0.928. The molecule has 0 bridgehead atoms. The average Bonchev–Trinajstić information content (AvgIpc) is 2.37. The SMILES string of the molecule is CCN(C)c1ccco1. The molecule has 0 radical (unpaired) electrons. The van der Waals surface area contributed by atoms with Gasteiger partial charge in [0.1, 0.15) is 0 Å². The number of nitrogens with zero attached hydrogens (tertiary/aromatic N) is 1. The molecule has 2 nitrogen and oxygen atoms in total. The van der Waals surface area contributed by atoms with E-state index in [0.717, 1.165) is 12.4 Å². The lowest BCUT2D eigenvalue weighted by Crippen LogP contribution is -2.14. The molecule has 0 amide bonds. The molecule has 1 aromatic heterocycles. The molecule has 1 heterocycles. The monoisotopic (exact) mass is 125 g/mol. The first kappa shape index (κ1) is 6.20. The van der Waals surface area contributed by atoms with E-state index in [1.807, 2.05) is 24.1 Å². The fourth-order valence-electron chi connectivity index (χ4n) is 0.643. The van der Waals surface area contributed by atoms with Gasteiger partial charge in [-0.3, -0.25) is 0 Å². The van der Waals surface area contributed by atoms with Gasteiger partial charge >= 0.3 is 0 Å². The molecule has 0 aliphatic rings. The molecule has 0 N–H and O–H groups in total. The van der Waals surface area contributed by atoms with Crippen LogP contribution in [0.5, 0.6) is 0 Å². The van der Waals surface area contributed by atoms with Crippen molar-refractivity contribution in [3.05, 3.63) is 18.4 Å². The Balaban J connectivity index is 2.65. The van der Waals surface area contributed by atoms with E-state index in [4.69, 9.17) is 4.42 Å². The third-order valence-corrected chi connectivity index (χ3v) is 1.36. The van der Waals surface area contributed by atoms with Crippen LogP contribution in [0.3, 0.4) is 0 Å². The Morgan fingerprint density at radius 2 is 2.44 bits per heavy atom. The molecule has 1 rings (SSSR count). The second-order valence-electron chi connectivity index (χ2n) is 1.97. The Bertz CT molecular complexity index is 157. The van der Waals surface area contributed by atoms with Crippen molar-refractivity contribution in [2.24, 2.45) is 0 Å². The van der Waals surface area contributed by atoms with Gasteiger partial charge in [0.25, 0.3) is 0 Å². The highest BCUT2D eigenvalue weighted by atomic mass is 16.3. The first-order chi connectivity index (χ1) is 4.34. The van der Waals surface area contributed by atoms with Gasteiger partial charge in [-0.1, -0.05) is 0 Å². The Morgan fingerprint density at radius 3 is 2.89 bits per heavy atom. The molecule has 2 heteroatoms. The first-order valence-electron chi connectivity index (χ1n) is 3.09. The summed E-state index contributed by atoms with van der Waals surface area (Å²) < 4.78 is 5.11. The van der Waals surface area contributed by atoms with Gasteiger partial charge in [-0.05, 0) is 13.0 Å². The minimum absolute atomic E-state index is 0.928. The highest BCUT2D eigenvalue weighted by molar-refractivity contribution is 5.32. The lowest BCUT2D eigenvalue weighted by molar-refractivity contribution is 0.558. The molecule has 0 aromatic carbocycles. The Labute approximate surface area is 55.1 Å². The van der Waals surface area contributed by atoms with Gasteiger partial charge in [0, 0.05) is 19.7 Å². The second-order valence-corrected chi connectivity index (χ2v) is 1.97. The van der Waals surface area contributed by atoms with Gasteiger partial charge in [-0.2, -0.15) is 0 Å². The van der Waals surface area contributed by atoms with Crippen molar-refractivity contribution in [2.75, 3.05) is 18.5 Å². The van der Waals surface area contributed by atoms with Crippen LogP contribution in [-0.4, -0.2) is 13.6 Å². The van der Waals surface area contributed by atoms with Crippen molar-refractivity contribution in [3.8, 4) is 0 Å².